The molecule has 0 aliphatic carbocycles. The molecule has 2 heteroatoms. The SMILES string of the molecule is C=C(O)C=CCCC(C)O. The maximum Gasteiger partial charge on any atom is 0.108 e. The zero-order valence-corrected chi connectivity index (χ0v) is 6.25. The minimum absolute atomic E-state index is 0.0607. The van der Waals surface area contributed by atoms with Crippen molar-refractivity contribution in [3.63, 3.8) is 0 Å². The van der Waals surface area contributed by atoms with Gasteiger partial charge in [-0.1, -0.05) is 12.7 Å². The third kappa shape index (κ3) is 7.24. The Labute approximate surface area is 61.5 Å². The summed E-state index contributed by atoms with van der Waals surface area (Å²) in [6.07, 6.45) is 4.55. The fraction of sp³-hybridized carbons (Fsp3) is 0.500. The molecule has 0 aromatic rings. The zero-order chi connectivity index (χ0) is 7.98. The van der Waals surface area contributed by atoms with E-state index in [0.29, 0.717) is 0 Å². The lowest BCUT2D eigenvalue weighted by Crippen LogP contribution is -1.96. The first kappa shape index (κ1) is 9.24. The fourth-order valence-electron chi connectivity index (χ4n) is 0.557. The van der Waals surface area contributed by atoms with E-state index in [4.69, 9.17) is 10.2 Å². The Balaban J connectivity index is 3.27. The molecular weight excluding hydrogens is 128 g/mol. The maximum absolute atomic E-state index is 8.80. The minimum Gasteiger partial charge on any atom is -0.509 e. The van der Waals surface area contributed by atoms with Gasteiger partial charge in [-0.2, -0.15) is 0 Å². The molecule has 0 saturated heterocycles. The van der Waals surface area contributed by atoms with Gasteiger partial charge in [-0.3, -0.25) is 0 Å². The minimum atomic E-state index is -0.267. The van der Waals surface area contributed by atoms with Crippen molar-refractivity contribution in [2.45, 2.75) is 25.9 Å². The van der Waals surface area contributed by atoms with Crippen LogP contribution in [0.15, 0.2) is 24.5 Å². The van der Waals surface area contributed by atoms with Gasteiger partial charge >= 0.3 is 0 Å². The highest BCUT2D eigenvalue weighted by Crippen LogP contribution is 1.97. The second-order valence-corrected chi connectivity index (χ2v) is 2.32. The standard InChI is InChI=1S/C8H14O2/c1-7(9)5-3-4-6-8(2)10/h3,5,8-10H,1,4,6H2,2H3. The van der Waals surface area contributed by atoms with Gasteiger partial charge in [-0.25, -0.2) is 0 Å². The molecule has 0 spiro atoms. The van der Waals surface area contributed by atoms with Gasteiger partial charge in [0.2, 0.25) is 0 Å². The molecular formula is C8H14O2. The van der Waals surface area contributed by atoms with E-state index in [-0.39, 0.29) is 11.9 Å². The van der Waals surface area contributed by atoms with Crippen LogP contribution in [-0.4, -0.2) is 16.3 Å². The molecule has 0 fully saturated rings. The number of hydrogen-bond acceptors (Lipinski definition) is 2. The summed E-state index contributed by atoms with van der Waals surface area (Å²) in [4.78, 5) is 0. The highest BCUT2D eigenvalue weighted by molar-refractivity contribution is 5.04. The molecule has 0 heterocycles. The number of allylic oxidation sites excluding steroid dienone is 2. The van der Waals surface area contributed by atoms with Crippen LogP contribution < -0.4 is 0 Å². The highest BCUT2D eigenvalue weighted by Gasteiger charge is 1.90. The van der Waals surface area contributed by atoms with Crippen molar-refractivity contribution in [1.29, 1.82) is 0 Å². The molecule has 10 heavy (non-hydrogen) atoms. The summed E-state index contributed by atoms with van der Waals surface area (Å²) in [6, 6.07) is 0. The van der Waals surface area contributed by atoms with Crippen LogP contribution in [0.5, 0.6) is 0 Å². The molecule has 58 valence electrons. The van der Waals surface area contributed by atoms with E-state index < -0.39 is 0 Å². The third-order valence-corrected chi connectivity index (χ3v) is 1.06. The average Bonchev–Trinajstić information content (AvgIpc) is 1.79. The monoisotopic (exact) mass is 142 g/mol. The lowest BCUT2D eigenvalue weighted by molar-refractivity contribution is 0.186. The van der Waals surface area contributed by atoms with Crippen molar-refractivity contribution in [2.75, 3.05) is 0 Å². The summed E-state index contributed by atoms with van der Waals surface area (Å²) in [5.74, 6) is 0.0607. The van der Waals surface area contributed by atoms with Crippen LogP contribution in [0.25, 0.3) is 0 Å². The van der Waals surface area contributed by atoms with Crippen LogP contribution in [-0.2, 0) is 0 Å². The van der Waals surface area contributed by atoms with Crippen LogP contribution in [0.3, 0.4) is 0 Å². The Morgan fingerprint density at radius 3 is 2.70 bits per heavy atom. The summed E-state index contributed by atoms with van der Waals surface area (Å²) in [7, 11) is 0. The predicted octanol–water partition coefficient (Wildman–Crippen LogP) is 1.78. The summed E-state index contributed by atoms with van der Waals surface area (Å²) in [6.45, 7) is 5.02. The predicted molar refractivity (Wildman–Crippen MR) is 41.8 cm³/mol. The van der Waals surface area contributed by atoms with Gasteiger partial charge in [-0.15, -0.1) is 0 Å². The van der Waals surface area contributed by atoms with E-state index in [1.54, 1.807) is 13.0 Å². The van der Waals surface area contributed by atoms with Gasteiger partial charge in [0.25, 0.3) is 0 Å². The van der Waals surface area contributed by atoms with Crippen LogP contribution in [0.4, 0.5) is 0 Å². The van der Waals surface area contributed by atoms with Crippen LogP contribution in [0.2, 0.25) is 0 Å². The van der Waals surface area contributed by atoms with E-state index in [2.05, 4.69) is 6.58 Å². The normalized spacial score (nSPS) is 13.8. The molecule has 0 aliphatic heterocycles. The first-order valence-corrected chi connectivity index (χ1v) is 3.35. The maximum atomic E-state index is 8.80. The molecule has 0 radical (unpaired) electrons. The first-order chi connectivity index (χ1) is 4.63. The average molecular weight is 142 g/mol. The summed E-state index contributed by atoms with van der Waals surface area (Å²) < 4.78 is 0. The van der Waals surface area contributed by atoms with E-state index in [0.717, 1.165) is 12.8 Å². The van der Waals surface area contributed by atoms with Crippen molar-refractivity contribution in [2.24, 2.45) is 0 Å². The van der Waals surface area contributed by atoms with Gasteiger partial charge in [0.1, 0.15) is 5.76 Å². The Bertz CT molecular complexity index is 125. The second kappa shape index (κ2) is 5.06. The second-order valence-electron chi connectivity index (χ2n) is 2.32. The van der Waals surface area contributed by atoms with Crippen molar-refractivity contribution >= 4 is 0 Å². The largest absolute Gasteiger partial charge is 0.509 e. The van der Waals surface area contributed by atoms with Crippen LogP contribution in [0.1, 0.15) is 19.8 Å². The number of aliphatic hydroxyl groups is 2. The van der Waals surface area contributed by atoms with E-state index >= 15 is 0 Å². The molecule has 2 N–H and O–H groups in total. The summed E-state index contributed by atoms with van der Waals surface area (Å²) in [5, 5.41) is 17.4. The van der Waals surface area contributed by atoms with E-state index in [1.807, 2.05) is 0 Å². The quantitative estimate of drug-likeness (QED) is 0.464. The molecule has 0 saturated carbocycles. The molecule has 0 aliphatic rings. The van der Waals surface area contributed by atoms with Crippen molar-refractivity contribution < 1.29 is 10.2 Å². The van der Waals surface area contributed by atoms with E-state index in [1.165, 1.54) is 6.08 Å². The number of hydrogen-bond donors (Lipinski definition) is 2. The van der Waals surface area contributed by atoms with Crippen LogP contribution >= 0.6 is 0 Å². The molecule has 0 bridgehead atoms. The lowest BCUT2D eigenvalue weighted by atomic mass is 10.2. The molecule has 1 atom stereocenters. The van der Waals surface area contributed by atoms with Gasteiger partial charge in [0, 0.05) is 0 Å². The van der Waals surface area contributed by atoms with Crippen molar-refractivity contribution in [3.8, 4) is 0 Å². The highest BCUT2D eigenvalue weighted by atomic mass is 16.3. The summed E-state index contributed by atoms with van der Waals surface area (Å²) in [5.41, 5.74) is 0. The molecule has 1 unspecified atom stereocenters. The van der Waals surface area contributed by atoms with Gasteiger partial charge in [0.15, 0.2) is 0 Å². The molecule has 2 nitrogen and oxygen atoms in total. The smallest absolute Gasteiger partial charge is 0.108 e. The fourth-order valence-corrected chi connectivity index (χ4v) is 0.557. The van der Waals surface area contributed by atoms with Gasteiger partial charge < -0.3 is 10.2 Å². The van der Waals surface area contributed by atoms with Crippen LogP contribution in [0, 0.1) is 0 Å². The van der Waals surface area contributed by atoms with Crippen molar-refractivity contribution in [3.05, 3.63) is 24.5 Å². The molecule has 0 aromatic carbocycles. The molecule has 0 rings (SSSR count). The lowest BCUT2D eigenvalue weighted by Gasteiger charge is -1.97. The number of rotatable bonds is 4. The molecule has 0 aromatic heterocycles. The Hall–Kier alpha value is -0.760. The van der Waals surface area contributed by atoms with Gasteiger partial charge in [0.05, 0.1) is 6.10 Å². The van der Waals surface area contributed by atoms with E-state index in [9.17, 15) is 0 Å². The Kier molecular flexibility index (Phi) is 4.67. The molecule has 0 amide bonds. The zero-order valence-electron chi connectivity index (χ0n) is 6.25. The Morgan fingerprint density at radius 2 is 2.30 bits per heavy atom. The third-order valence-electron chi connectivity index (χ3n) is 1.06. The Morgan fingerprint density at radius 1 is 1.70 bits per heavy atom. The first-order valence-electron chi connectivity index (χ1n) is 3.35. The summed E-state index contributed by atoms with van der Waals surface area (Å²) >= 11 is 0. The van der Waals surface area contributed by atoms with Crippen molar-refractivity contribution in [1.82, 2.24) is 0 Å². The topological polar surface area (TPSA) is 40.5 Å². The number of aliphatic hydroxyl groups excluding tert-OH is 2. The van der Waals surface area contributed by atoms with Gasteiger partial charge in [-0.05, 0) is 25.8 Å².